The van der Waals surface area contributed by atoms with Gasteiger partial charge in [0.1, 0.15) is 0 Å². The second kappa shape index (κ2) is 4.02. The van der Waals surface area contributed by atoms with Gasteiger partial charge in [0.2, 0.25) is 0 Å². The first-order valence-electron chi connectivity index (χ1n) is 6.34. The van der Waals surface area contributed by atoms with Gasteiger partial charge in [0.25, 0.3) is 0 Å². The Kier molecular flexibility index (Phi) is 2.50. The van der Waals surface area contributed by atoms with E-state index in [-0.39, 0.29) is 0 Å². The van der Waals surface area contributed by atoms with E-state index >= 15 is 0 Å². The van der Waals surface area contributed by atoms with Crippen LogP contribution in [0.4, 0.5) is 5.69 Å². The molecule has 1 fully saturated rings. The van der Waals surface area contributed by atoms with Gasteiger partial charge in [-0.25, -0.2) is 4.98 Å². The number of hydrogen-bond donors (Lipinski definition) is 1. The van der Waals surface area contributed by atoms with Crippen molar-refractivity contribution in [3.63, 3.8) is 0 Å². The Morgan fingerprint density at radius 2 is 2.06 bits per heavy atom. The molecule has 0 radical (unpaired) electrons. The van der Waals surface area contributed by atoms with Crippen LogP contribution in [0, 0.1) is 0 Å². The van der Waals surface area contributed by atoms with Crippen LogP contribution in [0.5, 0.6) is 0 Å². The third kappa shape index (κ3) is 1.77. The summed E-state index contributed by atoms with van der Waals surface area (Å²) >= 11 is 0. The summed E-state index contributed by atoms with van der Waals surface area (Å²) in [7, 11) is 2.02. The molecular weight excluding hydrogens is 212 g/mol. The minimum Gasteiger partial charge on any atom is -0.397 e. The molecule has 4 nitrogen and oxygen atoms in total. The number of anilines is 1. The number of pyridine rings is 1. The van der Waals surface area contributed by atoms with E-state index in [0.717, 1.165) is 16.7 Å². The molecule has 0 aromatic carbocycles. The quantitative estimate of drug-likeness (QED) is 0.819. The molecule has 0 bridgehead atoms. The first-order chi connectivity index (χ1) is 8.25. The largest absolute Gasteiger partial charge is 0.397 e. The van der Waals surface area contributed by atoms with Gasteiger partial charge in [-0.15, -0.1) is 0 Å². The van der Waals surface area contributed by atoms with Crippen LogP contribution < -0.4 is 5.73 Å². The van der Waals surface area contributed by atoms with Crippen LogP contribution in [0.2, 0.25) is 0 Å². The summed E-state index contributed by atoms with van der Waals surface area (Å²) in [5.74, 6) is 0.627. The van der Waals surface area contributed by atoms with Crippen molar-refractivity contribution in [2.24, 2.45) is 7.05 Å². The number of fused-ring (bicyclic) bond motifs is 1. The Hall–Kier alpha value is -1.58. The lowest BCUT2D eigenvalue weighted by Gasteiger charge is -2.22. The maximum Gasteiger partial charge on any atom is 0.181 e. The van der Waals surface area contributed by atoms with E-state index in [2.05, 4.69) is 10.1 Å². The first-order valence-corrected chi connectivity index (χ1v) is 6.34. The van der Waals surface area contributed by atoms with Gasteiger partial charge in [-0.2, -0.15) is 5.10 Å². The second-order valence-electron chi connectivity index (χ2n) is 4.98. The molecule has 4 heteroatoms. The first kappa shape index (κ1) is 10.6. The summed E-state index contributed by atoms with van der Waals surface area (Å²) in [5, 5.41) is 5.62. The predicted octanol–water partition coefficient (Wildman–Crippen LogP) is 2.60. The zero-order chi connectivity index (χ0) is 11.8. The van der Waals surface area contributed by atoms with Crippen molar-refractivity contribution in [3.8, 4) is 0 Å². The molecule has 2 aromatic rings. The molecule has 3 rings (SSSR count). The lowest BCUT2D eigenvalue weighted by molar-refractivity contribution is 0.426. The molecule has 1 aliphatic carbocycles. The average molecular weight is 230 g/mol. The smallest absolute Gasteiger partial charge is 0.181 e. The molecule has 2 heterocycles. The van der Waals surface area contributed by atoms with Crippen LogP contribution in [-0.2, 0) is 7.05 Å². The van der Waals surface area contributed by atoms with E-state index in [1.165, 1.54) is 37.8 Å². The van der Waals surface area contributed by atoms with Crippen molar-refractivity contribution in [2.75, 3.05) is 5.73 Å². The number of nitrogens with two attached hydrogens (primary N) is 1. The predicted molar refractivity (Wildman–Crippen MR) is 68.7 cm³/mol. The van der Waals surface area contributed by atoms with Gasteiger partial charge in [0.15, 0.2) is 5.65 Å². The highest BCUT2D eigenvalue weighted by atomic mass is 15.3. The topological polar surface area (TPSA) is 56.7 Å². The van der Waals surface area contributed by atoms with Crippen LogP contribution in [-0.4, -0.2) is 14.8 Å². The van der Waals surface area contributed by atoms with Crippen LogP contribution in [0.15, 0.2) is 12.3 Å². The second-order valence-corrected chi connectivity index (χ2v) is 4.98. The number of aryl methyl sites for hydroxylation is 1. The van der Waals surface area contributed by atoms with Crippen molar-refractivity contribution in [3.05, 3.63) is 18.0 Å². The van der Waals surface area contributed by atoms with Crippen LogP contribution in [0.1, 0.15) is 43.7 Å². The zero-order valence-corrected chi connectivity index (χ0v) is 10.2. The van der Waals surface area contributed by atoms with E-state index in [9.17, 15) is 0 Å². The fraction of sp³-hybridized carbons (Fsp3) is 0.538. The molecule has 2 N–H and O–H groups in total. The van der Waals surface area contributed by atoms with Gasteiger partial charge in [-0.05, 0) is 18.9 Å². The van der Waals surface area contributed by atoms with Gasteiger partial charge < -0.3 is 5.73 Å². The number of aromatic nitrogens is 3. The zero-order valence-electron chi connectivity index (χ0n) is 10.2. The highest BCUT2D eigenvalue weighted by molar-refractivity contribution is 5.81. The lowest BCUT2D eigenvalue weighted by Crippen LogP contribution is -2.09. The summed E-state index contributed by atoms with van der Waals surface area (Å²) in [4.78, 5) is 4.30. The van der Waals surface area contributed by atoms with E-state index in [0.29, 0.717) is 5.92 Å². The maximum absolute atomic E-state index is 5.83. The van der Waals surface area contributed by atoms with Gasteiger partial charge in [-0.3, -0.25) is 4.68 Å². The van der Waals surface area contributed by atoms with Crippen molar-refractivity contribution in [1.29, 1.82) is 0 Å². The highest BCUT2D eigenvalue weighted by Crippen LogP contribution is 2.36. The summed E-state index contributed by atoms with van der Waals surface area (Å²) in [6, 6.07) is 2.01. The van der Waals surface area contributed by atoms with Crippen LogP contribution >= 0.6 is 0 Å². The molecule has 0 aliphatic heterocycles. The van der Waals surface area contributed by atoms with Gasteiger partial charge in [0.05, 0.1) is 17.6 Å². The van der Waals surface area contributed by atoms with Gasteiger partial charge in [0, 0.05) is 18.4 Å². The van der Waals surface area contributed by atoms with E-state index in [1.807, 2.05) is 17.8 Å². The normalized spacial score (nSPS) is 17.7. The van der Waals surface area contributed by atoms with E-state index in [1.54, 1.807) is 6.20 Å². The Labute approximate surface area is 101 Å². The molecule has 0 saturated heterocycles. The molecule has 0 atom stereocenters. The monoisotopic (exact) mass is 230 g/mol. The van der Waals surface area contributed by atoms with Crippen LogP contribution in [0.3, 0.4) is 0 Å². The molecule has 1 saturated carbocycles. The number of rotatable bonds is 1. The maximum atomic E-state index is 5.83. The highest BCUT2D eigenvalue weighted by Gasteiger charge is 2.22. The van der Waals surface area contributed by atoms with Gasteiger partial charge >= 0.3 is 0 Å². The van der Waals surface area contributed by atoms with Crippen LogP contribution in [0.25, 0.3) is 11.0 Å². The third-order valence-corrected chi connectivity index (χ3v) is 3.75. The Morgan fingerprint density at radius 1 is 1.29 bits per heavy atom. The summed E-state index contributed by atoms with van der Waals surface area (Å²) in [6.45, 7) is 0. The van der Waals surface area contributed by atoms with E-state index < -0.39 is 0 Å². The summed E-state index contributed by atoms with van der Waals surface area (Å²) < 4.78 is 1.99. The Morgan fingerprint density at radius 3 is 2.82 bits per heavy atom. The third-order valence-electron chi connectivity index (χ3n) is 3.75. The van der Waals surface area contributed by atoms with E-state index in [4.69, 9.17) is 5.73 Å². The van der Waals surface area contributed by atoms with Crippen molar-refractivity contribution >= 4 is 16.7 Å². The van der Waals surface area contributed by atoms with Gasteiger partial charge in [-0.1, -0.05) is 19.3 Å². The minimum absolute atomic E-state index is 0.627. The SMILES string of the molecule is Cn1nc2ncc(N)cc2c1C1CCCCC1. The molecule has 90 valence electrons. The molecule has 0 amide bonds. The molecule has 0 unspecified atom stereocenters. The summed E-state index contributed by atoms with van der Waals surface area (Å²) in [6.07, 6.45) is 8.24. The minimum atomic E-state index is 0.627. The fourth-order valence-corrected chi connectivity index (χ4v) is 2.97. The number of nitrogen functional groups attached to an aromatic ring is 1. The fourth-order valence-electron chi connectivity index (χ4n) is 2.97. The Balaban J connectivity index is 2.13. The number of hydrogen-bond acceptors (Lipinski definition) is 3. The molecule has 0 spiro atoms. The van der Waals surface area contributed by atoms with Crippen molar-refractivity contribution in [2.45, 2.75) is 38.0 Å². The number of nitrogens with zero attached hydrogens (tertiary/aromatic N) is 3. The summed E-state index contributed by atoms with van der Waals surface area (Å²) in [5.41, 5.74) is 8.70. The lowest BCUT2D eigenvalue weighted by atomic mass is 9.86. The standard InChI is InChI=1S/C13H18N4/c1-17-12(9-5-3-2-4-6-9)11-7-10(14)8-15-13(11)16-17/h7-9H,2-6,14H2,1H3. The van der Waals surface area contributed by atoms with Crippen molar-refractivity contribution in [1.82, 2.24) is 14.8 Å². The molecule has 17 heavy (non-hydrogen) atoms. The molecule has 2 aromatic heterocycles. The molecular formula is C13H18N4. The molecule has 1 aliphatic rings. The average Bonchev–Trinajstić information content (AvgIpc) is 2.65. The Bertz CT molecular complexity index is 538. The van der Waals surface area contributed by atoms with Crippen molar-refractivity contribution < 1.29 is 0 Å².